The lowest BCUT2D eigenvalue weighted by Crippen LogP contribution is -2.39. The van der Waals surface area contributed by atoms with Crippen LogP contribution in [-0.2, 0) is 9.59 Å². The van der Waals surface area contributed by atoms with Gasteiger partial charge >= 0.3 is 5.97 Å². The first-order chi connectivity index (χ1) is 10.6. The molecular weight excluding hydrogens is 304 g/mol. The van der Waals surface area contributed by atoms with Gasteiger partial charge in [0, 0.05) is 11.1 Å². The molecule has 0 radical (unpaired) electrons. The Balaban J connectivity index is 1.97. The monoisotopic (exact) mass is 324 g/mol. The quantitative estimate of drug-likeness (QED) is 0.719. The van der Waals surface area contributed by atoms with Crippen molar-refractivity contribution in [2.75, 3.05) is 13.1 Å². The molecule has 6 heteroatoms. The Morgan fingerprint density at radius 1 is 1.18 bits per heavy atom. The molecule has 0 heterocycles. The molecule has 5 nitrogen and oxygen atoms in total. The maximum Gasteiger partial charge on any atom is 0.322 e. The number of hydrogen-bond donors (Lipinski definition) is 3. The van der Waals surface area contributed by atoms with Crippen LogP contribution in [0.5, 0.6) is 0 Å². The van der Waals surface area contributed by atoms with Gasteiger partial charge in [0.15, 0.2) is 0 Å². The van der Waals surface area contributed by atoms with Gasteiger partial charge < -0.3 is 15.7 Å². The molecule has 0 saturated heterocycles. The van der Waals surface area contributed by atoms with E-state index in [0.717, 1.165) is 18.4 Å². The molecule has 1 aromatic rings. The largest absolute Gasteiger partial charge is 0.480 e. The van der Waals surface area contributed by atoms with Crippen LogP contribution in [0.2, 0.25) is 5.02 Å². The molecule has 1 aliphatic rings. The van der Waals surface area contributed by atoms with Gasteiger partial charge in [-0.15, -0.1) is 0 Å². The molecule has 0 bridgehead atoms. The minimum Gasteiger partial charge on any atom is -0.480 e. The van der Waals surface area contributed by atoms with Crippen LogP contribution in [0.25, 0.3) is 0 Å². The first-order valence-electron chi connectivity index (χ1n) is 7.53. The SMILES string of the molecule is O=C(O)CNC(=O)CNC(c1ccc(Cl)cc1)C1CCCC1. The third-order valence-corrected chi connectivity index (χ3v) is 4.27. The van der Waals surface area contributed by atoms with Crippen molar-refractivity contribution in [1.29, 1.82) is 0 Å². The van der Waals surface area contributed by atoms with Crippen LogP contribution >= 0.6 is 11.6 Å². The molecule has 1 amide bonds. The summed E-state index contributed by atoms with van der Waals surface area (Å²) in [5.74, 6) is -0.855. The van der Waals surface area contributed by atoms with Crippen LogP contribution in [0.3, 0.4) is 0 Å². The number of halogens is 1. The fraction of sp³-hybridized carbons (Fsp3) is 0.500. The van der Waals surface area contributed by atoms with Gasteiger partial charge in [0.05, 0.1) is 6.54 Å². The first kappa shape index (κ1) is 16.8. The second-order valence-corrected chi connectivity index (χ2v) is 6.06. The van der Waals surface area contributed by atoms with Crippen molar-refractivity contribution < 1.29 is 14.7 Å². The fourth-order valence-corrected chi connectivity index (χ4v) is 3.08. The number of nitrogens with one attached hydrogen (secondary N) is 2. The molecule has 1 aliphatic carbocycles. The smallest absolute Gasteiger partial charge is 0.322 e. The molecule has 1 atom stereocenters. The Morgan fingerprint density at radius 2 is 1.82 bits per heavy atom. The highest BCUT2D eigenvalue weighted by Crippen LogP contribution is 2.35. The molecular formula is C16H21ClN2O3. The highest BCUT2D eigenvalue weighted by Gasteiger charge is 2.26. The van der Waals surface area contributed by atoms with E-state index in [1.54, 1.807) is 0 Å². The van der Waals surface area contributed by atoms with Crippen molar-refractivity contribution in [3.63, 3.8) is 0 Å². The van der Waals surface area contributed by atoms with E-state index in [1.807, 2.05) is 24.3 Å². The van der Waals surface area contributed by atoms with Gasteiger partial charge in [0.2, 0.25) is 5.91 Å². The number of aliphatic carboxylic acids is 1. The Kier molecular flexibility index (Phi) is 6.21. The third-order valence-electron chi connectivity index (χ3n) is 4.02. The minimum absolute atomic E-state index is 0.0929. The van der Waals surface area contributed by atoms with Crippen LogP contribution in [-0.4, -0.2) is 30.1 Å². The number of carboxylic acids is 1. The van der Waals surface area contributed by atoms with E-state index in [2.05, 4.69) is 10.6 Å². The number of carboxylic acid groups (broad SMARTS) is 1. The van der Waals surface area contributed by atoms with Gasteiger partial charge in [-0.25, -0.2) is 0 Å². The van der Waals surface area contributed by atoms with E-state index < -0.39 is 5.97 Å². The summed E-state index contributed by atoms with van der Waals surface area (Å²) in [7, 11) is 0. The fourth-order valence-electron chi connectivity index (χ4n) is 2.96. The third kappa shape index (κ3) is 5.00. The number of rotatable bonds is 7. The number of amides is 1. The highest BCUT2D eigenvalue weighted by atomic mass is 35.5. The predicted octanol–water partition coefficient (Wildman–Crippen LogP) is 2.36. The Bertz CT molecular complexity index is 513. The summed E-state index contributed by atoms with van der Waals surface area (Å²) in [6, 6.07) is 7.76. The van der Waals surface area contributed by atoms with E-state index in [-0.39, 0.29) is 25.0 Å². The van der Waals surface area contributed by atoms with Crippen molar-refractivity contribution in [2.45, 2.75) is 31.7 Å². The maximum absolute atomic E-state index is 11.7. The lowest BCUT2D eigenvalue weighted by atomic mass is 9.91. The summed E-state index contributed by atoms with van der Waals surface area (Å²) in [4.78, 5) is 22.2. The predicted molar refractivity (Wildman–Crippen MR) is 84.8 cm³/mol. The summed E-state index contributed by atoms with van der Waals surface area (Å²) in [6.45, 7) is -0.243. The number of carbonyl (C=O) groups is 2. The van der Waals surface area contributed by atoms with Crippen molar-refractivity contribution >= 4 is 23.5 Å². The van der Waals surface area contributed by atoms with Gasteiger partial charge in [-0.2, -0.15) is 0 Å². The summed E-state index contributed by atoms with van der Waals surface area (Å²) < 4.78 is 0. The number of hydrogen-bond acceptors (Lipinski definition) is 3. The highest BCUT2D eigenvalue weighted by molar-refractivity contribution is 6.30. The minimum atomic E-state index is -1.04. The van der Waals surface area contributed by atoms with Gasteiger partial charge in [-0.3, -0.25) is 9.59 Å². The van der Waals surface area contributed by atoms with Crippen molar-refractivity contribution in [3.8, 4) is 0 Å². The van der Waals surface area contributed by atoms with Crippen LogP contribution in [0, 0.1) is 5.92 Å². The van der Waals surface area contributed by atoms with E-state index in [1.165, 1.54) is 12.8 Å². The van der Waals surface area contributed by atoms with Crippen molar-refractivity contribution in [3.05, 3.63) is 34.9 Å². The standard InChI is InChI=1S/C16H21ClN2O3/c17-13-7-5-12(6-8-13)16(11-3-1-2-4-11)19-9-14(20)18-10-15(21)22/h5-8,11,16,19H,1-4,9-10H2,(H,18,20)(H,21,22). The average Bonchev–Trinajstić information content (AvgIpc) is 3.01. The molecule has 0 spiro atoms. The molecule has 0 aromatic heterocycles. The molecule has 3 N–H and O–H groups in total. The summed E-state index contributed by atoms with van der Waals surface area (Å²) >= 11 is 5.93. The molecule has 22 heavy (non-hydrogen) atoms. The molecule has 1 unspecified atom stereocenters. The van der Waals surface area contributed by atoms with Gasteiger partial charge in [0.25, 0.3) is 0 Å². The normalized spacial score (nSPS) is 16.4. The van der Waals surface area contributed by atoms with Crippen LogP contribution in [0.15, 0.2) is 24.3 Å². The van der Waals surface area contributed by atoms with E-state index in [4.69, 9.17) is 16.7 Å². The molecule has 1 aromatic carbocycles. The van der Waals surface area contributed by atoms with E-state index in [0.29, 0.717) is 10.9 Å². The van der Waals surface area contributed by atoms with Crippen molar-refractivity contribution in [1.82, 2.24) is 10.6 Å². The van der Waals surface area contributed by atoms with Crippen LogP contribution < -0.4 is 10.6 Å². The zero-order valence-electron chi connectivity index (χ0n) is 12.3. The lowest BCUT2D eigenvalue weighted by Gasteiger charge is -2.25. The zero-order chi connectivity index (χ0) is 15.9. The molecule has 1 saturated carbocycles. The Hall–Kier alpha value is -1.59. The van der Waals surface area contributed by atoms with Crippen LogP contribution in [0.4, 0.5) is 0 Å². The Morgan fingerprint density at radius 3 is 2.41 bits per heavy atom. The topological polar surface area (TPSA) is 78.4 Å². The molecule has 1 fully saturated rings. The summed E-state index contributed by atoms with van der Waals surface area (Å²) in [6.07, 6.45) is 4.69. The summed E-state index contributed by atoms with van der Waals surface area (Å²) in [5, 5.41) is 14.9. The Labute approximate surface area is 135 Å². The molecule has 0 aliphatic heterocycles. The van der Waals surface area contributed by atoms with Gasteiger partial charge in [-0.05, 0) is 36.5 Å². The number of carbonyl (C=O) groups excluding carboxylic acids is 1. The maximum atomic E-state index is 11.7. The van der Waals surface area contributed by atoms with Crippen molar-refractivity contribution in [2.24, 2.45) is 5.92 Å². The van der Waals surface area contributed by atoms with Crippen LogP contribution in [0.1, 0.15) is 37.3 Å². The average molecular weight is 325 g/mol. The van der Waals surface area contributed by atoms with E-state index >= 15 is 0 Å². The second kappa shape index (κ2) is 8.15. The number of benzene rings is 1. The van der Waals surface area contributed by atoms with Gasteiger partial charge in [0.1, 0.15) is 6.54 Å². The molecule has 120 valence electrons. The zero-order valence-corrected chi connectivity index (χ0v) is 13.1. The lowest BCUT2D eigenvalue weighted by molar-refractivity contribution is -0.137. The van der Waals surface area contributed by atoms with Gasteiger partial charge in [-0.1, -0.05) is 36.6 Å². The van der Waals surface area contributed by atoms with E-state index in [9.17, 15) is 9.59 Å². The second-order valence-electron chi connectivity index (χ2n) is 5.63. The molecule has 2 rings (SSSR count). The summed E-state index contributed by atoms with van der Waals surface area (Å²) in [5.41, 5.74) is 1.11. The first-order valence-corrected chi connectivity index (χ1v) is 7.91.